The molecule has 0 bridgehead atoms. The number of halogens is 2. The molecule has 1 aliphatic rings. The predicted octanol–water partition coefficient (Wildman–Crippen LogP) is 7.48. The normalized spacial score (nSPS) is 15.4. The third-order valence-corrected chi connectivity index (χ3v) is 7.86. The first-order valence-electron chi connectivity index (χ1n) is 13.2. The lowest BCUT2D eigenvalue weighted by Crippen LogP contribution is -2.51. The molecule has 2 aromatic carbocycles. The van der Waals surface area contributed by atoms with E-state index in [0.29, 0.717) is 35.9 Å². The van der Waals surface area contributed by atoms with Gasteiger partial charge in [0, 0.05) is 19.0 Å². The minimum atomic E-state index is -0.530. The van der Waals surface area contributed by atoms with Crippen LogP contribution < -0.4 is 5.32 Å². The summed E-state index contributed by atoms with van der Waals surface area (Å²) in [7, 11) is 0. The average molecular weight is 532 g/mol. The van der Waals surface area contributed by atoms with Crippen LogP contribution in [0.2, 0.25) is 10.0 Å². The molecular weight excluding hydrogens is 491 g/mol. The molecule has 196 valence electrons. The van der Waals surface area contributed by atoms with Crippen molar-refractivity contribution in [1.29, 1.82) is 0 Å². The Bertz CT molecular complexity index is 1020. The molecule has 2 amide bonds. The van der Waals surface area contributed by atoms with Crippen LogP contribution in [-0.2, 0) is 28.0 Å². The van der Waals surface area contributed by atoms with Crippen LogP contribution in [0.15, 0.2) is 42.5 Å². The lowest BCUT2D eigenvalue weighted by Gasteiger charge is -2.33. The Kier molecular flexibility index (Phi) is 10.3. The maximum Gasteiger partial charge on any atom is 0.243 e. The SMILES string of the molecule is CCC(C(=O)NC1CCCCC1)N(Cc1ccc(Cl)c(Cl)c1)C(=O)CCc1ccc(C(C)(C)C)cc1. The minimum Gasteiger partial charge on any atom is -0.352 e. The molecular formula is C30H40Cl2N2O2. The van der Waals surface area contributed by atoms with E-state index >= 15 is 0 Å². The molecule has 6 heteroatoms. The second kappa shape index (κ2) is 13.0. The van der Waals surface area contributed by atoms with Gasteiger partial charge in [0.05, 0.1) is 10.0 Å². The fourth-order valence-corrected chi connectivity index (χ4v) is 5.19. The zero-order valence-corrected chi connectivity index (χ0v) is 23.6. The molecule has 0 saturated heterocycles. The first-order chi connectivity index (χ1) is 17.1. The van der Waals surface area contributed by atoms with Gasteiger partial charge >= 0.3 is 0 Å². The topological polar surface area (TPSA) is 49.4 Å². The smallest absolute Gasteiger partial charge is 0.243 e. The fraction of sp³-hybridized carbons (Fsp3) is 0.533. The number of benzene rings is 2. The Hall–Kier alpha value is -2.04. The van der Waals surface area contributed by atoms with Gasteiger partial charge in [0.25, 0.3) is 0 Å². The molecule has 2 aromatic rings. The molecule has 0 aromatic heterocycles. The summed E-state index contributed by atoms with van der Waals surface area (Å²) in [6, 6.07) is 13.5. The predicted molar refractivity (Wildman–Crippen MR) is 150 cm³/mol. The van der Waals surface area contributed by atoms with Crippen LogP contribution in [0.3, 0.4) is 0 Å². The second-order valence-electron chi connectivity index (χ2n) is 11.0. The highest BCUT2D eigenvalue weighted by Crippen LogP contribution is 2.26. The van der Waals surface area contributed by atoms with Crippen LogP contribution in [0.25, 0.3) is 0 Å². The Morgan fingerprint density at radius 3 is 2.19 bits per heavy atom. The van der Waals surface area contributed by atoms with Crippen molar-refractivity contribution in [2.24, 2.45) is 0 Å². The van der Waals surface area contributed by atoms with Crippen LogP contribution in [0, 0.1) is 0 Å². The maximum absolute atomic E-state index is 13.6. The van der Waals surface area contributed by atoms with Gasteiger partial charge < -0.3 is 10.2 Å². The van der Waals surface area contributed by atoms with Crippen LogP contribution in [-0.4, -0.2) is 28.8 Å². The van der Waals surface area contributed by atoms with Gasteiger partial charge in [0.15, 0.2) is 0 Å². The highest BCUT2D eigenvalue weighted by molar-refractivity contribution is 6.42. The zero-order valence-electron chi connectivity index (χ0n) is 22.1. The number of hydrogen-bond acceptors (Lipinski definition) is 2. The van der Waals surface area contributed by atoms with Gasteiger partial charge in [-0.05, 0) is 59.9 Å². The van der Waals surface area contributed by atoms with Crippen molar-refractivity contribution in [3.8, 4) is 0 Å². The van der Waals surface area contributed by atoms with Crippen molar-refractivity contribution < 1.29 is 9.59 Å². The molecule has 1 unspecified atom stereocenters. The van der Waals surface area contributed by atoms with E-state index in [-0.39, 0.29) is 23.3 Å². The Morgan fingerprint density at radius 2 is 1.61 bits per heavy atom. The zero-order chi connectivity index (χ0) is 26.3. The average Bonchev–Trinajstić information content (AvgIpc) is 2.85. The van der Waals surface area contributed by atoms with E-state index in [1.807, 2.05) is 13.0 Å². The summed E-state index contributed by atoms with van der Waals surface area (Å²) >= 11 is 12.4. The van der Waals surface area contributed by atoms with E-state index < -0.39 is 6.04 Å². The van der Waals surface area contributed by atoms with Crippen LogP contribution in [0.5, 0.6) is 0 Å². The standard InChI is InChI=1S/C30H40Cl2N2O2/c1-5-27(29(36)33-24-9-7-6-8-10-24)34(20-22-13-17-25(31)26(32)19-22)28(35)18-14-21-11-15-23(16-12-21)30(2,3)4/h11-13,15-17,19,24,27H,5-10,14,18,20H2,1-4H3,(H,33,36). The molecule has 36 heavy (non-hydrogen) atoms. The van der Waals surface area contributed by atoms with Crippen molar-refractivity contribution >= 4 is 35.0 Å². The molecule has 3 rings (SSSR count). The monoisotopic (exact) mass is 530 g/mol. The van der Waals surface area contributed by atoms with E-state index in [2.05, 4.69) is 50.4 Å². The summed E-state index contributed by atoms with van der Waals surface area (Å²) in [6.45, 7) is 8.85. The summed E-state index contributed by atoms with van der Waals surface area (Å²) in [5, 5.41) is 4.14. The molecule has 0 radical (unpaired) electrons. The first-order valence-corrected chi connectivity index (χ1v) is 14.0. The molecule has 1 N–H and O–H groups in total. The van der Waals surface area contributed by atoms with Crippen LogP contribution >= 0.6 is 23.2 Å². The maximum atomic E-state index is 13.6. The Balaban J connectivity index is 1.76. The number of aryl methyl sites for hydroxylation is 1. The summed E-state index contributed by atoms with van der Waals surface area (Å²) in [5.41, 5.74) is 3.33. The highest BCUT2D eigenvalue weighted by Gasteiger charge is 2.30. The van der Waals surface area contributed by atoms with Gasteiger partial charge in [-0.2, -0.15) is 0 Å². The quantitative estimate of drug-likeness (QED) is 0.365. The minimum absolute atomic E-state index is 0.0355. The van der Waals surface area contributed by atoms with Crippen molar-refractivity contribution in [2.75, 3.05) is 0 Å². The molecule has 0 aliphatic heterocycles. The second-order valence-corrected chi connectivity index (χ2v) is 11.8. The number of nitrogens with one attached hydrogen (secondary N) is 1. The Morgan fingerprint density at radius 1 is 0.972 bits per heavy atom. The van der Waals surface area contributed by atoms with E-state index in [1.54, 1.807) is 17.0 Å². The first kappa shape index (κ1) is 28.5. The molecule has 0 spiro atoms. The number of carbonyl (C=O) groups excluding carboxylic acids is 2. The van der Waals surface area contributed by atoms with Gasteiger partial charge in [0.2, 0.25) is 11.8 Å². The van der Waals surface area contributed by atoms with Gasteiger partial charge in [-0.3, -0.25) is 9.59 Å². The van der Waals surface area contributed by atoms with Gasteiger partial charge in [0.1, 0.15) is 6.04 Å². The number of nitrogens with zero attached hydrogens (tertiary/aromatic N) is 1. The van der Waals surface area contributed by atoms with Crippen molar-refractivity contribution in [3.05, 3.63) is 69.2 Å². The number of rotatable bonds is 9. The summed E-state index contributed by atoms with van der Waals surface area (Å²) in [4.78, 5) is 28.7. The molecule has 1 saturated carbocycles. The molecule has 4 nitrogen and oxygen atoms in total. The van der Waals surface area contributed by atoms with Gasteiger partial charge in [-0.15, -0.1) is 0 Å². The van der Waals surface area contributed by atoms with E-state index in [4.69, 9.17) is 23.2 Å². The van der Waals surface area contributed by atoms with Crippen LogP contribution in [0.4, 0.5) is 0 Å². The lowest BCUT2D eigenvalue weighted by atomic mass is 9.86. The van der Waals surface area contributed by atoms with Crippen molar-refractivity contribution in [3.63, 3.8) is 0 Å². The Labute approximate surface area is 226 Å². The van der Waals surface area contributed by atoms with E-state index in [9.17, 15) is 9.59 Å². The lowest BCUT2D eigenvalue weighted by molar-refractivity contribution is -0.141. The summed E-state index contributed by atoms with van der Waals surface area (Å²) < 4.78 is 0. The van der Waals surface area contributed by atoms with Gasteiger partial charge in [-0.1, -0.05) is 100 Å². The van der Waals surface area contributed by atoms with E-state index in [1.165, 1.54) is 12.0 Å². The van der Waals surface area contributed by atoms with Crippen molar-refractivity contribution in [1.82, 2.24) is 10.2 Å². The molecule has 1 fully saturated rings. The molecule has 1 aliphatic carbocycles. The van der Waals surface area contributed by atoms with E-state index in [0.717, 1.165) is 36.8 Å². The number of hydrogen-bond donors (Lipinski definition) is 1. The summed E-state index contributed by atoms with van der Waals surface area (Å²) in [6.07, 6.45) is 7.03. The fourth-order valence-electron chi connectivity index (χ4n) is 4.86. The molecule has 1 atom stereocenters. The number of amides is 2. The third kappa shape index (κ3) is 7.98. The third-order valence-electron chi connectivity index (χ3n) is 7.12. The number of carbonyl (C=O) groups is 2. The summed E-state index contributed by atoms with van der Waals surface area (Å²) in [5.74, 6) is -0.0982. The largest absolute Gasteiger partial charge is 0.352 e. The van der Waals surface area contributed by atoms with Gasteiger partial charge in [-0.25, -0.2) is 0 Å². The highest BCUT2D eigenvalue weighted by atomic mass is 35.5. The molecule has 0 heterocycles. The van der Waals surface area contributed by atoms with Crippen molar-refractivity contribution in [2.45, 2.75) is 103 Å². The van der Waals surface area contributed by atoms with Crippen LogP contribution in [0.1, 0.15) is 89.3 Å².